The minimum Gasteiger partial charge on any atom is -0.384 e. The number of Topliss-reactive ketones (excluding diaryl/α,β-unsaturated/α-hetero) is 1. The molecule has 0 radical (unpaired) electrons. The summed E-state index contributed by atoms with van der Waals surface area (Å²) in [7, 11) is 0. The Bertz CT molecular complexity index is 1060. The van der Waals surface area contributed by atoms with Gasteiger partial charge in [-0.25, -0.2) is 0 Å². The van der Waals surface area contributed by atoms with E-state index in [1.54, 1.807) is 23.7 Å². The van der Waals surface area contributed by atoms with Gasteiger partial charge in [0, 0.05) is 33.6 Å². The number of carbonyl (C=O) groups is 1. The lowest BCUT2D eigenvalue weighted by molar-refractivity contribution is -0.118. The molecule has 0 saturated heterocycles. The highest BCUT2D eigenvalue weighted by molar-refractivity contribution is 7.12. The van der Waals surface area contributed by atoms with Crippen molar-refractivity contribution in [3.05, 3.63) is 69.1 Å². The van der Waals surface area contributed by atoms with Gasteiger partial charge in [-0.3, -0.25) is 14.7 Å². The molecule has 0 spiro atoms. The number of thiophene rings is 1. The second kappa shape index (κ2) is 6.61. The zero-order valence-electron chi connectivity index (χ0n) is 16.2. The van der Waals surface area contributed by atoms with Crippen LogP contribution in [0.4, 0.5) is 5.69 Å². The van der Waals surface area contributed by atoms with Crippen molar-refractivity contribution in [2.24, 2.45) is 11.1 Å². The highest BCUT2D eigenvalue weighted by Gasteiger charge is 2.45. The van der Waals surface area contributed by atoms with E-state index in [-0.39, 0.29) is 11.2 Å². The molecule has 0 fully saturated rings. The largest absolute Gasteiger partial charge is 0.384 e. The van der Waals surface area contributed by atoms with Crippen molar-refractivity contribution in [1.82, 2.24) is 4.98 Å². The number of allylic oxidation sites excluding steroid dienone is 3. The molecule has 5 nitrogen and oxygen atoms in total. The average Bonchev–Trinajstić information content (AvgIpc) is 3.06. The molecule has 1 atom stereocenters. The number of nitriles is 1. The molecule has 2 aromatic heterocycles. The molecule has 0 unspecified atom stereocenters. The summed E-state index contributed by atoms with van der Waals surface area (Å²) in [6.45, 7) is 6.22. The normalized spacial score (nSPS) is 21.6. The molecule has 3 heterocycles. The van der Waals surface area contributed by atoms with Crippen molar-refractivity contribution in [1.29, 1.82) is 5.26 Å². The van der Waals surface area contributed by atoms with Gasteiger partial charge in [-0.1, -0.05) is 13.8 Å². The van der Waals surface area contributed by atoms with Crippen LogP contribution in [0.5, 0.6) is 0 Å². The number of rotatable bonds is 2. The fraction of sp³-hybridized carbons (Fsp3) is 0.318. The van der Waals surface area contributed by atoms with E-state index >= 15 is 0 Å². The van der Waals surface area contributed by atoms with Gasteiger partial charge < -0.3 is 5.73 Å². The minimum atomic E-state index is -0.393. The van der Waals surface area contributed by atoms with E-state index in [2.05, 4.69) is 24.9 Å². The first-order chi connectivity index (χ1) is 13.3. The maximum atomic E-state index is 13.3. The summed E-state index contributed by atoms with van der Waals surface area (Å²) >= 11 is 1.61. The molecule has 2 aliphatic rings. The molecule has 28 heavy (non-hydrogen) atoms. The van der Waals surface area contributed by atoms with Gasteiger partial charge >= 0.3 is 0 Å². The standard InChI is InChI=1S/C22H22N4OS/c1-13-6-7-18(28-13)19-15(11-23)21(24)26(14-5-4-8-25-12-14)16-9-22(2,3)10-17(27)20(16)19/h4-8,12,19H,9-10,24H2,1-3H3/t19-/m0/s1. The van der Waals surface area contributed by atoms with Gasteiger partial charge in [0.1, 0.15) is 5.82 Å². The quantitative estimate of drug-likeness (QED) is 0.822. The van der Waals surface area contributed by atoms with Gasteiger partial charge in [0.25, 0.3) is 0 Å². The molecule has 0 amide bonds. The molecule has 1 aliphatic heterocycles. The third-order valence-corrected chi connectivity index (χ3v) is 6.40. The summed E-state index contributed by atoms with van der Waals surface area (Å²) in [5.74, 6) is 0.0856. The van der Waals surface area contributed by atoms with E-state index < -0.39 is 5.92 Å². The maximum absolute atomic E-state index is 13.3. The topological polar surface area (TPSA) is 83.0 Å². The van der Waals surface area contributed by atoms with Gasteiger partial charge in [0.15, 0.2) is 5.78 Å². The smallest absolute Gasteiger partial charge is 0.162 e. The zero-order valence-corrected chi connectivity index (χ0v) is 17.0. The van der Waals surface area contributed by atoms with E-state index in [9.17, 15) is 10.1 Å². The van der Waals surface area contributed by atoms with Crippen LogP contribution < -0.4 is 10.6 Å². The fourth-order valence-corrected chi connectivity index (χ4v) is 5.18. The van der Waals surface area contributed by atoms with Crippen LogP contribution in [0.25, 0.3) is 0 Å². The van der Waals surface area contributed by atoms with Crippen molar-refractivity contribution in [3.63, 3.8) is 0 Å². The zero-order chi connectivity index (χ0) is 20.1. The second-order valence-corrected chi connectivity index (χ2v) is 9.46. The molecule has 2 N–H and O–H groups in total. The molecule has 2 aromatic rings. The van der Waals surface area contributed by atoms with Gasteiger partial charge in [-0.15, -0.1) is 11.3 Å². The Morgan fingerprint density at radius 2 is 2.11 bits per heavy atom. The number of hydrogen-bond acceptors (Lipinski definition) is 6. The molecule has 1 aliphatic carbocycles. The monoisotopic (exact) mass is 390 g/mol. The SMILES string of the molecule is Cc1ccc([C@@H]2C(C#N)=C(N)N(c3cccnc3)C3=C2C(=O)CC(C)(C)C3)s1. The van der Waals surface area contributed by atoms with Crippen molar-refractivity contribution in [2.45, 2.75) is 39.5 Å². The van der Waals surface area contributed by atoms with E-state index in [1.165, 1.54) is 0 Å². The van der Waals surface area contributed by atoms with Gasteiger partial charge in [0.05, 0.1) is 29.4 Å². The summed E-state index contributed by atoms with van der Waals surface area (Å²) in [6.07, 6.45) is 4.59. The number of anilines is 1. The molecule has 0 saturated carbocycles. The Morgan fingerprint density at radius 3 is 2.71 bits per heavy atom. The summed E-state index contributed by atoms with van der Waals surface area (Å²) < 4.78 is 0. The van der Waals surface area contributed by atoms with Crippen LogP contribution in [-0.2, 0) is 4.79 Å². The van der Waals surface area contributed by atoms with Crippen LogP contribution in [0.3, 0.4) is 0 Å². The summed E-state index contributed by atoms with van der Waals surface area (Å²) in [6, 6.07) is 10.1. The third-order valence-electron chi connectivity index (χ3n) is 5.33. The van der Waals surface area contributed by atoms with Crippen LogP contribution in [0, 0.1) is 23.7 Å². The molecule has 142 valence electrons. The number of nitrogens with two attached hydrogens (primary N) is 1. The van der Waals surface area contributed by atoms with Gasteiger partial charge in [-0.05, 0) is 43.0 Å². The highest BCUT2D eigenvalue weighted by atomic mass is 32.1. The fourth-order valence-electron chi connectivity index (χ4n) is 4.18. The number of aryl methyl sites for hydroxylation is 1. The third kappa shape index (κ3) is 2.92. The molecular weight excluding hydrogens is 368 g/mol. The van der Waals surface area contributed by atoms with Crippen molar-refractivity contribution < 1.29 is 4.79 Å². The van der Waals surface area contributed by atoms with Crippen molar-refractivity contribution in [2.75, 3.05) is 4.90 Å². The Balaban J connectivity index is 2.00. The van der Waals surface area contributed by atoms with E-state index in [1.807, 2.05) is 36.1 Å². The van der Waals surface area contributed by atoms with E-state index in [4.69, 9.17) is 5.73 Å². The Labute approximate surface area is 168 Å². The predicted octanol–water partition coefficient (Wildman–Crippen LogP) is 4.39. The maximum Gasteiger partial charge on any atom is 0.162 e. The number of nitrogens with zero attached hydrogens (tertiary/aromatic N) is 3. The first-order valence-corrected chi connectivity index (χ1v) is 10.1. The molecule has 0 aromatic carbocycles. The van der Waals surface area contributed by atoms with Crippen molar-refractivity contribution in [3.8, 4) is 6.07 Å². The van der Waals surface area contributed by atoms with E-state index in [0.29, 0.717) is 29.8 Å². The van der Waals surface area contributed by atoms with Gasteiger partial charge in [0.2, 0.25) is 0 Å². The predicted molar refractivity (Wildman–Crippen MR) is 110 cm³/mol. The number of aromatic nitrogens is 1. The van der Waals surface area contributed by atoms with E-state index in [0.717, 1.165) is 21.1 Å². The van der Waals surface area contributed by atoms with Crippen LogP contribution >= 0.6 is 11.3 Å². The Morgan fingerprint density at radius 1 is 1.32 bits per heavy atom. The molecule has 0 bridgehead atoms. The Kier molecular flexibility index (Phi) is 4.35. The lowest BCUT2D eigenvalue weighted by Crippen LogP contribution is -2.42. The summed E-state index contributed by atoms with van der Waals surface area (Å²) in [4.78, 5) is 21.5. The summed E-state index contributed by atoms with van der Waals surface area (Å²) in [5.41, 5.74) is 9.18. The highest BCUT2D eigenvalue weighted by Crippen LogP contribution is 2.50. The van der Waals surface area contributed by atoms with Crippen LogP contribution in [0.15, 0.2) is 59.3 Å². The molecular formula is C22H22N4OS. The first kappa shape index (κ1) is 18.5. The molecule has 4 rings (SSSR count). The van der Waals surface area contributed by atoms with Crippen molar-refractivity contribution >= 4 is 22.8 Å². The molecule has 6 heteroatoms. The van der Waals surface area contributed by atoms with Crippen LogP contribution in [-0.4, -0.2) is 10.8 Å². The number of ketones is 1. The number of carbonyl (C=O) groups excluding carboxylic acids is 1. The second-order valence-electron chi connectivity index (χ2n) is 8.14. The van der Waals surface area contributed by atoms with Crippen LogP contribution in [0.1, 0.15) is 42.4 Å². The number of pyridine rings is 1. The average molecular weight is 391 g/mol. The lowest BCUT2D eigenvalue weighted by Gasteiger charge is -2.43. The summed E-state index contributed by atoms with van der Waals surface area (Å²) in [5, 5.41) is 9.98. The number of hydrogen-bond donors (Lipinski definition) is 1. The lowest BCUT2D eigenvalue weighted by atomic mass is 9.69. The van der Waals surface area contributed by atoms with Gasteiger partial charge in [-0.2, -0.15) is 5.26 Å². The minimum absolute atomic E-state index is 0.0939. The first-order valence-electron chi connectivity index (χ1n) is 9.25. The van der Waals surface area contributed by atoms with Crippen LogP contribution in [0.2, 0.25) is 0 Å². The Hall–Kier alpha value is -2.91.